The molecule has 1 aromatic heterocycles. The summed E-state index contributed by atoms with van der Waals surface area (Å²) in [6.45, 7) is 4.82. The van der Waals surface area contributed by atoms with E-state index in [0.29, 0.717) is 6.54 Å². The average Bonchev–Trinajstić information content (AvgIpc) is 3.00. The van der Waals surface area contributed by atoms with Gasteiger partial charge in [-0.05, 0) is 43.7 Å². The Bertz CT molecular complexity index is 889. The number of nitrogens with one attached hydrogen (secondary N) is 2. The van der Waals surface area contributed by atoms with E-state index < -0.39 is 0 Å². The molecule has 0 radical (unpaired) electrons. The topological polar surface area (TPSA) is 37.3 Å². The number of quaternary nitrogens is 1. The molecule has 2 N–H and O–H groups in total. The number of fused-ring (bicyclic) bond motifs is 1. The molecule has 3 heteroatoms. The quantitative estimate of drug-likeness (QED) is 0.684. The number of ketones is 1. The molecule has 3 nitrogen and oxygen atoms in total. The highest BCUT2D eigenvalue weighted by molar-refractivity contribution is 6.09. The van der Waals surface area contributed by atoms with Crippen LogP contribution in [0.3, 0.4) is 0 Å². The van der Waals surface area contributed by atoms with Crippen LogP contribution < -0.4 is 4.90 Å². The number of carbonyl (C=O) groups is 1. The molecule has 3 aromatic rings. The molecular weight excluding hydrogens is 320 g/mol. The van der Waals surface area contributed by atoms with Gasteiger partial charge in [0.05, 0.1) is 18.7 Å². The first kappa shape index (κ1) is 17.0. The van der Waals surface area contributed by atoms with E-state index in [1.165, 1.54) is 29.7 Å². The Kier molecular flexibility index (Phi) is 4.89. The molecule has 4 rings (SSSR count). The number of piperidine rings is 1. The van der Waals surface area contributed by atoms with Gasteiger partial charge < -0.3 is 9.88 Å². The molecule has 0 amide bonds. The van der Waals surface area contributed by atoms with Crippen molar-refractivity contribution in [2.75, 3.05) is 19.6 Å². The van der Waals surface area contributed by atoms with Gasteiger partial charge in [-0.25, -0.2) is 0 Å². The normalized spacial score (nSPS) is 20.3. The van der Waals surface area contributed by atoms with Gasteiger partial charge in [-0.1, -0.05) is 48.5 Å². The predicted molar refractivity (Wildman–Crippen MR) is 106 cm³/mol. The first-order valence-corrected chi connectivity index (χ1v) is 9.68. The van der Waals surface area contributed by atoms with Crippen molar-refractivity contribution >= 4 is 16.7 Å². The van der Waals surface area contributed by atoms with Gasteiger partial charge in [-0.3, -0.25) is 4.79 Å². The number of aromatic nitrogens is 1. The Morgan fingerprint density at radius 2 is 1.73 bits per heavy atom. The number of H-pyrrole nitrogens is 1. The molecule has 1 fully saturated rings. The minimum absolute atomic E-state index is 0.274. The van der Waals surface area contributed by atoms with Gasteiger partial charge in [0, 0.05) is 16.6 Å². The van der Waals surface area contributed by atoms with E-state index in [1.54, 1.807) is 0 Å². The second kappa shape index (κ2) is 7.46. The van der Waals surface area contributed by atoms with E-state index >= 15 is 0 Å². The summed E-state index contributed by atoms with van der Waals surface area (Å²) in [5, 5.41) is 1.06. The minimum atomic E-state index is 0.274. The molecule has 0 saturated carbocycles. The number of hydrogen-bond acceptors (Lipinski definition) is 1. The maximum Gasteiger partial charge on any atom is 0.219 e. The highest BCUT2D eigenvalue weighted by Gasteiger charge is 2.26. The Morgan fingerprint density at radius 1 is 1.04 bits per heavy atom. The third-order valence-corrected chi connectivity index (χ3v) is 5.76. The molecule has 134 valence electrons. The zero-order valence-electron chi connectivity index (χ0n) is 15.4. The number of para-hydroxylation sites is 1. The lowest BCUT2D eigenvalue weighted by atomic mass is 9.90. The molecule has 0 atom stereocenters. The fourth-order valence-electron chi connectivity index (χ4n) is 4.37. The van der Waals surface area contributed by atoms with Crippen molar-refractivity contribution in [3.05, 3.63) is 71.4 Å². The second-order valence-electron chi connectivity index (χ2n) is 7.65. The summed E-state index contributed by atoms with van der Waals surface area (Å²) in [7, 11) is 0. The zero-order chi connectivity index (χ0) is 17.9. The van der Waals surface area contributed by atoms with Crippen LogP contribution in [0.2, 0.25) is 0 Å². The van der Waals surface area contributed by atoms with Crippen LogP contribution in [0.5, 0.6) is 0 Å². The van der Waals surface area contributed by atoms with Crippen LogP contribution in [0.4, 0.5) is 0 Å². The number of aromatic amines is 1. The molecule has 0 aliphatic carbocycles. The fraction of sp³-hybridized carbons (Fsp3) is 0.348. The summed E-state index contributed by atoms with van der Waals surface area (Å²) in [6, 6.07) is 18.9. The summed E-state index contributed by atoms with van der Waals surface area (Å²) in [6.07, 6.45) is 3.60. The van der Waals surface area contributed by atoms with E-state index in [2.05, 4.69) is 35.3 Å². The molecule has 26 heavy (non-hydrogen) atoms. The molecule has 0 spiro atoms. The Balaban J connectivity index is 1.37. The SMILES string of the molecule is Cc1[nH]c2ccccc2c1C(=O)C[NH+]1CCC(Cc2ccccc2)CC1. The van der Waals surface area contributed by atoms with Crippen molar-refractivity contribution in [3.63, 3.8) is 0 Å². The summed E-state index contributed by atoms with van der Waals surface area (Å²) < 4.78 is 0. The number of benzene rings is 2. The number of Topliss-reactive ketones (excluding diaryl/α,β-unsaturated/α-hetero) is 1. The van der Waals surface area contributed by atoms with E-state index in [1.807, 2.05) is 31.2 Å². The molecule has 1 aliphatic rings. The Morgan fingerprint density at radius 3 is 2.50 bits per heavy atom. The number of likely N-dealkylation sites (tertiary alicyclic amines) is 1. The average molecular weight is 347 g/mol. The van der Waals surface area contributed by atoms with Crippen molar-refractivity contribution in [2.24, 2.45) is 5.92 Å². The minimum Gasteiger partial charge on any atom is -0.358 e. The number of rotatable bonds is 5. The van der Waals surface area contributed by atoms with Crippen molar-refractivity contribution in [2.45, 2.75) is 26.2 Å². The highest BCUT2D eigenvalue weighted by atomic mass is 16.1. The van der Waals surface area contributed by atoms with Crippen LogP contribution in [-0.4, -0.2) is 30.4 Å². The number of hydrogen-bond donors (Lipinski definition) is 2. The molecular formula is C23H27N2O+. The first-order chi connectivity index (χ1) is 12.7. The van der Waals surface area contributed by atoms with Gasteiger partial charge in [0.2, 0.25) is 5.78 Å². The predicted octanol–water partition coefficient (Wildman–Crippen LogP) is 3.20. The highest BCUT2D eigenvalue weighted by Crippen LogP contribution is 2.22. The number of carbonyl (C=O) groups excluding carboxylic acids is 1. The largest absolute Gasteiger partial charge is 0.358 e. The van der Waals surface area contributed by atoms with Gasteiger partial charge in [-0.2, -0.15) is 0 Å². The van der Waals surface area contributed by atoms with Crippen molar-refractivity contribution < 1.29 is 9.69 Å². The summed E-state index contributed by atoms with van der Waals surface area (Å²) in [5.41, 5.74) is 4.38. The summed E-state index contributed by atoms with van der Waals surface area (Å²) >= 11 is 0. The standard InChI is InChI=1S/C23H26N2O/c1-17-23(20-9-5-6-10-21(20)24-17)22(26)16-25-13-11-19(12-14-25)15-18-7-3-2-4-8-18/h2-10,19,24H,11-16H2,1H3/p+1. The van der Waals surface area contributed by atoms with Crippen LogP contribution in [0.1, 0.15) is 34.5 Å². The lowest BCUT2D eigenvalue weighted by Crippen LogP contribution is -3.14. The van der Waals surface area contributed by atoms with Gasteiger partial charge in [0.15, 0.2) is 0 Å². The second-order valence-corrected chi connectivity index (χ2v) is 7.65. The fourth-order valence-corrected chi connectivity index (χ4v) is 4.37. The van der Waals surface area contributed by atoms with Gasteiger partial charge in [-0.15, -0.1) is 0 Å². The van der Waals surface area contributed by atoms with Crippen molar-refractivity contribution in [3.8, 4) is 0 Å². The molecule has 2 heterocycles. The van der Waals surface area contributed by atoms with Crippen LogP contribution in [0.25, 0.3) is 10.9 Å². The smallest absolute Gasteiger partial charge is 0.219 e. The lowest BCUT2D eigenvalue weighted by molar-refractivity contribution is -0.897. The van der Waals surface area contributed by atoms with E-state index in [9.17, 15) is 4.79 Å². The van der Waals surface area contributed by atoms with E-state index in [4.69, 9.17) is 0 Å². The van der Waals surface area contributed by atoms with E-state index in [-0.39, 0.29) is 5.78 Å². The van der Waals surface area contributed by atoms with Crippen molar-refractivity contribution in [1.82, 2.24) is 4.98 Å². The first-order valence-electron chi connectivity index (χ1n) is 9.68. The monoisotopic (exact) mass is 347 g/mol. The summed E-state index contributed by atoms with van der Waals surface area (Å²) in [4.78, 5) is 17.7. The molecule has 1 saturated heterocycles. The maximum atomic E-state index is 12.9. The number of aryl methyl sites for hydroxylation is 1. The van der Waals surface area contributed by atoms with Crippen molar-refractivity contribution in [1.29, 1.82) is 0 Å². The Hall–Kier alpha value is -2.39. The van der Waals surface area contributed by atoms with Gasteiger partial charge in [0.25, 0.3) is 0 Å². The summed E-state index contributed by atoms with van der Waals surface area (Å²) in [5.74, 6) is 1.03. The van der Waals surface area contributed by atoms with Gasteiger partial charge >= 0.3 is 0 Å². The van der Waals surface area contributed by atoms with Crippen LogP contribution in [0, 0.1) is 12.8 Å². The Labute approximate surface area is 155 Å². The van der Waals surface area contributed by atoms with Gasteiger partial charge in [0.1, 0.15) is 6.54 Å². The van der Waals surface area contributed by atoms with E-state index in [0.717, 1.165) is 41.2 Å². The molecule has 1 aliphatic heterocycles. The maximum absolute atomic E-state index is 12.9. The third-order valence-electron chi connectivity index (χ3n) is 5.76. The lowest BCUT2D eigenvalue weighted by Gasteiger charge is -2.29. The third kappa shape index (κ3) is 3.58. The molecule has 0 bridgehead atoms. The van der Waals surface area contributed by atoms with Crippen LogP contribution in [0.15, 0.2) is 54.6 Å². The molecule has 2 aromatic carbocycles. The van der Waals surface area contributed by atoms with Crippen LogP contribution in [-0.2, 0) is 6.42 Å². The molecule has 0 unspecified atom stereocenters. The van der Waals surface area contributed by atoms with Crippen LogP contribution >= 0.6 is 0 Å². The zero-order valence-corrected chi connectivity index (χ0v) is 15.4.